The van der Waals surface area contributed by atoms with Gasteiger partial charge < -0.3 is 20.9 Å². The minimum absolute atomic E-state index is 0.0546. The van der Waals surface area contributed by atoms with Crippen LogP contribution in [0.15, 0.2) is 42.5 Å². The molecule has 1 unspecified atom stereocenters. The van der Waals surface area contributed by atoms with Crippen LogP contribution in [0.4, 0.5) is 10.1 Å². The van der Waals surface area contributed by atoms with Crippen molar-refractivity contribution in [3.8, 4) is 0 Å². The van der Waals surface area contributed by atoms with Gasteiger partial charge in [0.25, 0.3) is 17.7 Å². The Kier molecular flexibility index (Phi) is 4.11. The minimum atomic E-state index is -0.878. The Morgan fingerprint density at radius 1 is 1.21 bits per heavy atom. The second-order valence-electron chi connectivity index (χ2n) is 6.75. The van der Waals surface area contributed by atoms with Crippen molar-refractivity contribution in [2.24, 2.45) is 5.73 Å². The number of nitrogens with one attached hydrogen (secondary N) is 2. The number of rotatable bonds is 3. The molecule has 0 radical (unpaired) electrons. The first kappa shape index (κ1) is 17.7. The van der Waals surface area contributed by atoms with E-state index < -0.39 is 17.6 Å². The van der Waals surface area contributed by atoms with E-state index in [4.69, 9.17) is 5.73 Å². The molecule has 142 valence electrons. The number of nitrogens with zero attached hydrogens (tertiary/aromatic N) is 1. The number of nitrogens with two attached hydrogens (primary N) is 1. The van der Waals surface area contributed by atoms with Gasteiger partial charge in [-0.2, -0.15) is 0 Å². The number of primary amides is 1. The lowest BCUT2D eigenvalue weighted by Gasteiger charge is -2.24. The number of carbonyl (C=O) groups is 3. The fourth-order valence-corrected chi connectivity index (χ4v) is 3.43. The van der Waals surface area contributed by atoms with Crippen LogP contribution in [0, 0.1) is 5.82 Å². The van der Waals surface area contributed by atoms with Crippen molar-refractivity contribution in [2.75, 3.05) is 11.9 Å². The third kappa shape index (κ3) is 2.88. The van der Waals surface area contributed by atoms with Gasteiger partial charge in [0.1, 0.15) is 11.5 Å². The lowest BCUT2D eigenvalue weighted by atomic mass is 10.1. The van der Waals surface area contributed by atoms with Crippen molar-refractivity contribution in [1.82, 2.24) is 9.88 Å². The average molecular weight is 380 g/mol. The third-order valence-corrected chi connectivity index (χ3v) is 4.83. The van der Waals surface area contributed by atoms with E-state index in [1.54, 1.807) is 24.3 Å². The van der Waals surface area contributed by atoms with Crippen LogP contribution in [0.1, 0.15) is 44.2 Å². The molecule has 0 saturated heterocycles. The summed E-state index contributed by atoms with van der Waals surface area (Å²) in [6, 6.07) is 10.6. The van der Waals surface area contributed by atoms with Gasteiger partial charge in [-0.1, -0.05) is 6.07 Å². The summed E-state index contributed by atoms with van der Waals surface area (Å²) in [5, 5.41) is 6.29. The van der Waals surface area contributed by atoms with Crippen molar-refractivity contribution in [3.63, 3.8) is 0 Å². The van der Waals surface area contributed by atoms with E-state index in [2.05, 4.69) is 10.6 Å². The van der Waals surface area contributed by atoms with E-state index in [0.717, 1.165) is 17.0 Å². The van der Waals surface area contributed by atoms with Crippen molar-refractivity contribution < 1.29 is 18.8 Å². The molecule has 0 aliphatic carbocycles. The number of fused-ring (bicyclic) bond motifs is 3. The zero-order chi connectivity index (χ0) is 20.0. The number of hydrogen-bond acceptors (Lipinski definition) is 3. The molecule has 4 rings (SSSR count). The Bertz CT molecular complexity index is 1150. The van der Waals surface area contributed by atoms with Crippen LogP contribution in [-0.4, -0.2) is 28.8 Å². The Labute approximate surface area is 159 Å². The summed E-state index contributed by atoms with van der Waals surface area (Å²) in [5.74, 6) is -2.26. The highest BCUT2D eigenvalue weighted by Gasteiger charge is 2.24. The van der Waals surface area contributed by atoms with Gasteiger partial charge in [-0.25, -0.2) is 4.39 Å². The third-order valence-electron chi connectivity index (χ3n) is 4.83. The standard InChI is InChI=1S/C20H17FN4O3/c1-10-9-23-20(28)17-6-11-2-3-12(7-16(11)25(10)17)19(27)24-13-4-5-14(18(22)26)15(21)8-13/h2-8,10H,9H2,1H3,(H2,22,26)(H,23,28)(H,24,27). The number of aromatic nitrogens is 1. The highest BCUT2D eigenvalue weighted by molar-refractivity contribution is 6.07. The topological polar surface area (TPSA) is 106 Å². The molecule has 7 nitrogen and oxygen atoms in total. The lowest BCUT2D eigenvalue weighted by Crippen LogP contribution is -2.37. The molecule has 3 amide bonds. The highest BCUT2D eigenvalue weighted by atomic mass is 19.1. The summed E-state index contributed by atoms with van der Waals surface area (Å²) in [6.07, 6.45) is 0. The number of halogens is 1. The van der Waals surface area contributed by atoms with Crippen molar-refractivity contribution in [2.45, 2.75) is 13.0 Å². The van der Waals surface area contributed by atoms with Crippen LogP contribution in [0.25, 0.3) is 10.9 Å². The summed E-state index contributed by atoms with van der Waals surface area (Å²) in [6.45, 7) is 2.50. The summed E-state index contributed by atoms with van der Waals surface area (Å²) in [4.78, 5) is 35.8. The molecule has 8 heteroatoms. The first-order valence-electron chi connectivity index (χ1n) is 8.69. The summed E-state index contributed by atoms with van der Waals surface area (Å²) >= 11 is 0. The molecule has 3 aromatic rings. The molecule has 1 aromatic heterocycles. The van der Waals surface area contributed by atoms with Crippen LogP contribution in [0.3, 0.4) is 0 Å². The van der Waals surface area contributed by atoms with Crippen molar-refractivity contribution in [1.29, 1.82) is 0 Å². The maximum Gasteiger partial charge on any atom is 0.268 e. The molecule has 0 saturated carbocycles. The van der Waals surface area contributed by atoms with E-state index in [1.165, 1.54) is 12.1 Å². The van der Waals surface area contributed by atoms with Gasteiger partial charge in [0, 0.05) is 34.7 Å². The fraction of sp³-hybridized carbons (Fsp3) is 0.150. The van der Waals surface area contributed by atoms with Gasteiger partial charge in [0.2, 0.25) is 0 Å². The van der Waals surface area contributed by atoms with Crippen molar-refractivity contribution >= 4 is 34.3 Å². The lowest BCUT2D eigenvalue weighted by molar-refractivity contribution is 0.0918. The monoisotopic (exact) mass is 380 g/mol. The summed E-state index contributed by atoms with van der Waals surface area (Å²) < 4.78 is 15.8. The van der Waals surface area contributed by atoms with E-state index in [-0.39, 0.29) is 23.2 Å². The maximum atomic E-state index is 13.9. The van der Waals surface area contributed by atoms with Gasteiger partial charge in [-0.15, -0.1) is 0 Å². The number of carbonyl (C=O) groups excluding carboxylic acids is 3. The van der Waals surface area contributed by atoms with Gasteiger partial charge in [0.05, 0.1) is 5.56 Å². The first-order valence-corrected chi connectivity index (χ1v) is 8.69. The molecule has 2 heterocycles. The van der Waals surface area contributed by atoms with Gasteiger partial charge in [-0.3, -0.25) is 14.4 Å². The minimum Gasteiger partial charge on any atom is -0.366 e. The smallest absolute Gasteiger partial charge is 0.268 e. The zero-order valence-corrected chi connectivity index (χ0v) is 15.0. The first-order chi connectivity index (χ1) is 13.3. The quantitative estimate of drug-likeness (QED) is 0.650. The summed E-state index contributed by atoms with van der Waals surface area (Å²) in [7, 11) is 0. The number of anilines is 1. The highest BCUT2D eigenvalue weighted by Crippen LogP contribution is 2.27. The largest absolute Gasteiger partial charge is 0.366 e. The molecule has 0 fully saturated rings. The van der Waals surface area contributed by atoms with E-state index >= 15 is 0 Å². The second-order valence-corrected chi connectivity index (χ2v) is 6.75. The predicted molar refractivity (Wildman–Crippen MR) is 102 cm³/mol. The Balaban J connectivity index is 1.67. The molecular formula is C20H17FN4O3. The number of amides is 3. The molecule has 1 aliphatic heterocycles. The van der Waals surface area contributed by atoms with Crippen LogP contribution in [0.5, 0.6) is 0 Å². The molecular weight excluding hydrogens is 363 g/mol. The van der Waals surface area contributed by atoms with E-state index in [0.29, 0.717) is 17.8 Å². The van der Waals surface area contributed by atoms with E-state index in [1.807, 2.05) is 11.5 Å². The van der Waals surface area contributed by atoms with E-state index in [9.17, 15) is 18.8 Å². The molecule has 4 N–H and O–H groups in total. The Morgan fingerprint density at radius 3 is 2.71 bits per heavy atom. The number of hydrogen-bond donors (Lipinski definition) is 3. The molecule has 0 bridgehead atoms. The molecule has 1 atom stereocenters. The Hall–Kier alpha value is -3.68. The van der Waals surface area contributed by atoms with Gasteiger partial charge >= 0.3 is 0 Å². The average Bonchev–Trinajstić information content (AvgIpc) is 3.04. The van der Waals surface area contributed by atoms with Crippen LogP contribution < -0.4 is 16.4 Å². The second kappa shape index (κ2) is 6.49. The molecule has 2 aromatic carbocycles. The Morgan fingerprint density at radius 2 is 2.00 bits per heavy atom. The van der Waals surface area contributed by atoms with Crippen LogP contribution in [0.2, 0.25) is 0 Å². The van der Waals surface area contributed by atoms with Crippen LogP contribution in [-0.2, 0) is 0 Å². The van der Waals surface area contributed by atoms with Gasteiger partial charge in [0.15, 0.2) is 0 Å². The number of benzene rings is 2. The fourth-order valence-electron chi connectivity index (χ4n) is 3.43. The predicted octanol–water partition coefficient (Wildman–Crippen LogP) is 2.44. The molecule has 28 heavy (non-hydrogen) atoms. The summed E-state index contributed by atoms with van der Waals surface area (Å²) in [5.41, 5.74) is 6.74. The van der Waals surface area contributed by atoms with Crippen molar-refractivity contribution in [3.05, 3.63) is 65.1 Å². The zero-order valence-electron chi connectivity index (χ0n) is 15.0. The normalized spacial score (nSPS) is 15.8. The van der Waals surface area contributed by atoms with Crippen LogP contribution >= 0.6 is 0 Å². The molecule has 0 spiro atoms. The SMILES string of the molecule is CC1CNC(=O)c2cc3ccc(C(=O)Nc4ccc(C(N)=O)c(F)c4)cc3n21. The molecule has 1 aliphatic rings. The maximum absolute atomic E-state index is 13.9. The van der Waals surface area contributed by atoms with Gasteiger partial charge in [-0.05, 0) is 43.3 Å².